The first kappa shape index (κ1) is 18.6. The molecule has 1 fully saturated rings. The van der Waals surface area contributed by atoms with Crippen LogP contribution < -0.4 is 0 Å². The fourth-order valence-corrected chi connectivity index (χ4v) is 2.71. The van der Waals surface area contributed by atoms with Crippen molar-refractivity contribution in [3.63, 3.8) is 0 Å². The molecular weight excluding hydrogens is 332 g/mol. The summed E-state index contributed by atoms with van der Waals surface area (Å²) in [5, 5.41) is 4.58. The van der Waals surface area contributed by atoms with Crippen molar-refractivity contribution < 1.29 is 14.3 Å². The second kappa shape index (κ2) is 7.42. The standard InChI is InChI=1S/C16H25ClN4O3/c1-5-21-11-12(17)13(18-21)14(22)19-7-6-8-20(10-9-19)15(23)24-16(2,3)4/h11H,5-10H2,1-4H3. The highest BCUT2D eigenvalue weighted by Crippen LogP contribution is 2.18. The third-order valence-corrected chi connectivity index (χ3v) is 3.96. The van der Waals surface area contributed by atoms with E-state index in [4.69, 9.17) is 16.3 Å². The number of carbonyl (C=O) groups excluding carboxylic acids is 2. The summed E-state index contributed by atoms with van der Waals surface area (Å²) in [6.45, 7) is 10.1. The highest BCUT2D eigenvalue weighted by atomic mass is 35.5. The van der Waals surface area contributed by atoms with Crippen LogP contribution in [0.4, 0.5) is 4.79 Å². The molecule has 8 heteroatoms. The van der Waals surface area contributed by atoms with Gasteiger partial charge in [0, 0.05) is 38.9 Å². The zero-order valence-corrected chi connectivity index (χ0v) is 15.5. The van der Waals surface area contributed by atoms with Crippen LogP contribution in [0.5, 0.6) is 0 Å². The lowest BCUT2D eigenvalue weighted by Gasteiger charge is -2.26. The zero-order chi connectivity index (χ0) is 17.9. The first-order chi connectivity index (χ1) is 11.2. The van der Waals surface area contributed by atoms with Crippen molar-refractivity contribution in [2.45, 2.75) is 46.3 Å². The van der Waals surface area contributed by atoms with E-state index in [1.807, 2.05) is 27.7 Å². The number of amides is 2. The van der Waals surface area contributed by atoms with Crippen molar-refractivity contribution in [3.05, 3.63) is 16.9 Å². The quantitative estimate of drug-likeness (QED) is 0.817. The van der Waals surface area contributed by atoms with Crippen molar-refractivity contribution in [1.82, 2.24) is 19.6 Å². The molecule has 0 unspecified atom stereocenters. The molecule has 0 bridgehead atoms. The molecule has 1 aromatic rings. The Morgan fingerprint density at radius 1 is 1.21 bits per heavy atom. The highest BCUT2D eigenvalue weighted by molar-refractivity contribution is 6.33. The molecule has 7 nitrogen and oxygen atoms in total. The first-order valence-corrected chi connectivity index (χ1v) is 8.59. The number of hydrogen-bond donors (Lipinski definition) is 0. The van der Waals surface area contributed by atoms with E-state index in [-0.39, 0.29) is 17.7 Å². The minimum atomic E-state index is -0.528. The van der Waals surface area contributed by atoms with Gasteiger partial charge in [0.25, 0.3) is 5.91 Å². The van der Waals surface area contributed by atoms with Crippen LogP contribution in [0.3, 0.4) is 0 Å². The lowest BCUT2D eigenvalue weighted by Crippen LogP contribution is -2.40. The first-order valence-electron chi connectivity index (χ1n) is 8.21. The predicted molar refractivity (Wildman–Crippen MR) is 91.2 cm³/mol. The predicted octanol–water partition coefficient (Wildman–Crippen LogP) is 2.64. The van der Waals surface area contributed by atoms with Gasteiger partial charge in [0.2, 0.25) is 0 Å². The molecule has 0 aliphatic carbocycles. The Morgan fingerprint density at radius 2 is 1.83 bits per heavy atom. The molecule has 0 spiro atoms. The summed E-state index contributed by atoms with van der Waals surface area (Å²) in [6.07, 6.45) is 2.00. The number of aromatic nitrogens is 2. The van der Waals surface area contributed by atoms with Gasteiger partial charge in [-0.2, -0.15) is 5.10 Å². The number of halogens is 1. The number of carbonyl (C=O) groups is 2. The molecule has 0 atom stereocenters. The van der Waals surface area contributed by atoms with Crippen LogP contribution in [0.1, 0.15) is 44.6 Å². The molecule has 2 amide bonds. The molecule has 1 aliphatic rings. The van der Waals surface area contributed by atoms with Crippen molar-refractivity contribution in [2.24, 2.45) is 0 Å². The zero-order valence-electron chi connectivity index (χ0n) is 14.7. The van der Waals surface area contributed by atoms with Crippen molar-refractivity contribution in [2.75, 3.05) is 26.2 Å². The molecule has 2 rings (SSSR count). The minimum Gasteiger partial charge on any atom is -0.444 e. The van der Waals surface area contributed by atoms with Gasteiger partial charge in [-0.25, -0.2) is 4.79 Å². The van der Waals surface area contributed by atoms with Gasteiger partial charge in [-0.1, -0.05) is 11.6 Å². The van der Waals surface area contributed by atoms with E-state index in [0.29, 0.717) is 44.2 Å². The topological polar surface area (TPSA) is 67.7 Å². The van der Waals surface area contributed by atoms with Crippen molar-refractivity contribution >= 4 is 23.6 Å². The van der Waals surface area contributed by atoms with E-state index >= 15 is 0 Å². The summed E-state index contributed by atoms with van der Waals surface area (Å²) in [6, 6.07) is 0. The summed E-state index contributed by atoms with van der Waals surface area (Å²) in [5.41, 5.74) is -0.261. The summed E-state index contributed by atoms with van der Waals surface area (Å²) >= 11 is 6.11. The van der Waals surface area contributed by atoms with Gasteiger partial charge >= 0.3 is 6.09 Å². The Bertz CT molecular complexity index is 609. The van der Waals surface area contributed by atoms with E-state index in [1.54, 1.807) is 20.7 Å². The van der Waals surface area contributed by atoms with Crippen LogP contribution in [0.2, 0.25) is 5.02 Å². The monoisotopic (exact) mass is 356 g/mol. The Kier molecular flexibility index (Phi) is 5.74. The van der Waals surface area contributed by atoms with Crippen LogP contribution in [0.15, 0.2) is 6.20 Å². The number of aryl methyl sites for hydroxylation is 1. The summed E-state index contributed by atoms with van der Waals surface area (Å²) in [5.74, 6) is -0.196. The normalized spacial score (nSPS) is 16.0. The molecule has 1 aliphatic heterocycles. The summed E-state index contributed by atoms with van der Waals surface area (Å²) in [7, 11) is 0. The second-order valence-corrected chi connectivity index (χ2v) is 7.20. The van der Waals surface area contributed by atoms with Crippen molar-refractivity contribution in [3.8, 4) is 0 Å². The van der Waals surface area contributed by atoms with Gasteiger partial charge < -0.3 is 14.5 Å². The third-order valence-electron chi connectivity index (χ3n) is 3.68. The fraction of sp³-hybridized carbons (Fsp3) is 0.688. The smallest absolute Gasteiger partial charge is 0.410 e. The van der Waals surface area contributed by atoms with Crippen molar-refractivity contribution in [1.29, 1.82) is 0 Å². The maximum atomic E-state index is 12.6. The minimum absolute atomic E-state index is 0.196. The maximum Gasteiger partial charge on any atom is 0.410 e. The van der Waals surface area contributed by atoms with Gasteiger partial charge in [-0.3, -0.25) is 9.48 Å². The number of hydrogen-bond acceptors (Lipinski definition) is 4. The molecule has 1 aromatic heterocycles. The second-order valence-electron chi connectivity index (χ2n) is 6.79. The SMILES string of the molecule is CCn1cc(Cl)c(C(=O)N2CCCN(C(=O)OC(C)(C)C)CC2)n1. The van der Waals surface area contributed by atoms with E-state index in [0.717, 1.165) is 0 Å². The van der Waals surface area contributed by atoms with Gasteiger partial charge in [-0.15, -0.1) is 0 Å². The van der Waals surface area contributed by atoms with Gasteiger partial charge in [0.05, 0.1) is 5.02 Å². The average Bonchev–Trinajstić information content (AvgIpc) is 2.71. The molecule has 2 heterocycles. The van der Waals surface area contributed by atoms with Crippen LogP contribution in [-0.4, -0.2) is 63.4 Å². The summed E-state index contributed by atoms with van der Waals surface area (Å²) < 4.78 is 7.04. The number of ether oxygens (including phenoxy) is 1. The van der Waals surface area contributed by atoms with Gasteiger partial charge in [0.1, 0.15) is 5.60 Å². The Balaban J connectivity index is 2.01. The Morgan fingerprint density at radius 3 is 2.42 bits per heavy atom. The highest BCUT2D eigenvalue weighted by Gasteiger charge is 2.28. The molecule has 0 aromatic carbocycles. The lowest BCUT2D eigenvalue weighted by atomic mass is 10.2. The molecular formula is C16H25ClN4O3. The molecule has 0 saturated carbocycles. The van der Waals surface area contributed by atoms with Crippen LogP contribution in [0.25, 0.3) is 0 Å². The molecule has 24 heavy (non-hydrogen) atoms. The van der Waals surface area contributed by atoms with Gasteiger partial charge in [-0.05, 0) is 34.1 Å². The molecule has 134 valence electrons. The molecule has 0 radical (unpaired) electrons. The maximum absolute atomic E-state index is 12.6. The lowest BCUT2D eigenvalue weighted by molar-refractivity contribution is 0.0255. The third kappa shape index (κ3) is 4.63. The van der Waals surface area contributed by atoms with Gasteiger partial charge in [0.15, 0.2) is 5.69 Å². The van der Waals surface area contributed by atoms with Crippen LogP contribution >= 0.6 is 11.6 Å². The largest absolute Gasteiger partial charge is 0.444 e. The Hall–Kier alpha value is -1.76. The molecule has 0 N–H and O–H groups in total. The Labute approximate surface area is 147 Å². The van der Waals surface area contributed by atoms with E-state index in [2.05, 4.69) is 5.10 Å². The number of nitrogens with zero attached hydrogens (tertiary/aromatic N) is 4. The van der Waals surface area contributed by atoms with Crippen LogP contribution in [-0.2, 0) is 11.3 Å². The fourth-order valence-electron chi connectivity index (χ4n) is 2.48. The van der Waals surface area contributed by atoms with E-state index in [1.165, 1.54) is 0 Å². The summed E-state index contributed by atoms with van der Waals surface area (Å²) in [4.78, 5) is 28.1. The van der Waals surface area contributed by atoms with E-state index < -0.39 is 5.60 Å². The molecule has 1 saturated heterocycles. The van der Waals surface area contributed by atoms with E-state index in [9.17, 15) is 9.59 Å². The van der Waals surface area contributed by atoms with Crippen LogP contribution in [0, 0.1) is 0 Å². The average molecular weight is 357 g/mol. The number of rotatable bonds is 2.